The molecule has 1 aromatic heterocycles. The van der Waals surface area contributed by atoms with Gasteiger partial charge in [0.25, 0.3) is 0 Å². The van der Waals surface area contributed by atoms with Gasteiger partial charge in [-0.15, -0.1) is 12.4 Å². The highest BCUT2D eigenvalue weighted by atomic mass is 35.5. The Hall–Kier alpha value is -2.03. The van der Waals surface area contributed by atoms with E-state index in [9.17, 15) is 9.18 Å². The lowest BCUT2D eigenvalue weighted by Crippen LogP contribution is -2.44. The molecule has 2 rings (SSSR count). The third-order valence-electron chi connectivity index (χ3n) is 2.94. The van der Waals surface area contributed by atoms with Gasteiger partial charge in [-0.2, -0.15) is 4.98 Å². The van der Waals surface area contributed by atoms with Crippen LogP contribution in [0, 0.1) is 5.82 Å². The molecule has 3 N–H and O–H groups in total. The number of aromatic nitrogens is 2. The van der Waals surface area contributed by atoms with Crippen molar-refractivity contribution in [3.05, 3.63) is 36.0 Å². The summed E-state index contributed by atoms with van der Waals surface area (Å²) in [4.78, 5) is 15.9. The molecule has 1 heterocycles. The van der Waals surface area contributed by atoms with Gasteiger partial charge in [0, 0.05) is 12.7 Å². The van der Waals surface area contributed by atoms with Gasteiger partial charge in [0.2, 0.25) is 17.6 Å². The van der Waals surface area contributed by atoms with E-state index in [0.717, 1.165) is 0 Å². The molecule has 0 saturated heterocycles. The molecule has 1 aromatic carbocycles. The number of halogens is 2. The molecular formula is C14H18ClFN4O3. The largest absolute Gasteiger partial charge is 0.383 e. The Morgan fingerprint density at radius 2 is 2.26 bits per heavy atom. The first kappa shape index (κ1) is 19.0. The summed E-state index contributed by atoms with van der Waals surface area (Å²) >= 11 is 0. The summed E-state index contributed by atoms with van der Waals surface area (Å²) < 4.78 is 23.1. The van der Waals surface area contributed by atoms with Crippen LogP contribution in [0.25, 0.3) is 11.4 Å². The molecular weight excluding hydrogens is 327 g/mol. The van der Waals surface area contributed by atoms with Gasteiger partial charge in [-0.05, 0) is 19.1 Å². The summed E-state index contributed by atoms with van der Waals surface area (Å²) in [5.74, 6) is -0.329. The van der Waals surface area contributed by atoms with Crippen molar-refractivity contribution in [1.29, 1.82) is 0 Å². The SMILES string of the molecule is COCC(N)C(=O)NC(C)c1nc(-c2cccc(F)c2)no1.Cl. The van der Waals surface area contributed by atoms with Crippen molar-refractivity contribution >= 4 is 18.3 Å². The van der Waals surface area contributed by atoms with E-state index in [1.54, 1.807) is 19.1 Å². The summed E-state index contributed by atoms with van der Waals surface area (Å²) in [5.41, 5.74) is 6.11. The zero-order valence-corrected chi connectivity index (χ0v) is 13.5. The molecule has 0 aliphatic rings. The van der Waals surface area contributed by atoms with Crippen molar-refractivity contribution in [2.24, 2.45) is 5.73 Å². The van der Waals surface area contributed by atoms with E-state index in [0.29, 0.717) is 5.56 Å². The standard InChI is InChI=1S/C14H17FN4O3.ClH/c1-8(17-13(20)11(16)7-21-2)14-18-12(19-22-14)9-4-3-5-10(15)6-9;/h3-6,8,11H,7,16H2,1-2H3,(H,17,20);1H. The molecule has 2 unspecified atom stereocenters. The lowest BCUT2D eigenvalue weighted by Gasteiger charge is -2.14. The molecule has 0 bridgehead atoms. The molecule has 0 aliphatic carbocycles. The van der Waals surface area contributed by atoms with Crippen LogP contribution < -0.4 is 11.1 Å². The Morgan fingerprint density at radius 3 is 2.91 bits per heavy atom. The number of carbonyl (C=O) groups is 1. The van der Waals surface area contributed by atoms with Crippen LogP contribution in [0.2, 0.25) is 0 Å². The van der Waals surface area contributed by atoms with Gasteiger partial charge in [0.15, 0.2) is 0 Å². The second-order valence-electron chi connectivity index (χ2n) is 4.76. The average Bonchev–Trinajstić information content (AvgIpc) is 2.97. The molecule has 2 atom stereocenters. The fourth-order valence-corrected chi connectivity index (χ4v) is 1.79. The van der Waals surface area contributed by atoms with E-state index in [4.69, 9.17) is 15.0 Å². The highest BCUT2D eigenvalue weighted by molar-refractivity contribution is 5.85. The molecule has 7 nitrogen and oxygen atoms in total. The summed E-state index contributed by atoms with van der Waals surface area (Å²) in [5, 5.41) is 6.42. The zero-order valence-electron chi connectivity index (χ0n) is 12.7. The number of ether oxygens (including phenoxy) is 1. The minimum atomic E-state index is -0.780. The van der Waals surface area contributed by atoms with Gasteiger partial charge < -0.3 is 20.3 Å². The Balaban J connectivity index is 0.00000264. The second-order valence-corrected chi connectivity index (χ2v) is 4.76. The fourth-order valence-electron chi connectivity index (χ4n) is 1.79. The smallest absolute Gasteiger partial charge is 0.249 e. The molecule has 0 saturated carbocycles. The van der Waals surface area contributed by atoms with Crippen LogP contribution in [0.3, 0.4) is 0 Å². The third kappa shape index (κ3) is 4.98. The van der Waals surface area contributed by atoms with E-state index in [1.807, 2.05) is 0 Å². The fraction of sp³-hybridized carbons (Fsp3) is 0.357. The number of methoxy groups -OCH3 is 1. The molecule has 9 heteroatoms. The highest BCUT2D eigenvalue weighted by Crippen LogP contribution is 2.19. The Bertz CT molecular complexity index is 652. The van der Waals surface area contributed by atoms with Crippen LogP contribution in [-0.4, -0.2) is 35.8 Å². The van der Waals surface area contributed by atoms with E-state index in [-0.39, 0.29) is 36.6 Å². The number of nitrogens with one attached hydrogen (secondary N) is 1. The third-order valence-corrected chi connectivity index (χ3v) is 2.94. The Kier molecular flexibility index (Phi) is 7.08. The summed E-state index contributed by atoms with van der Waals surface area (Å²) in [6.07, 6.45) is 0. The summed E-state index contributed by atoms with van der Waals surface area (Å²) in [7, 11) is 1.46. The molecule has 0 aliphatic heterocycles. The van der Waals surface area contributed by atoms with Gasteiger partial charge in [-0.1, -0.05) is 17.3 Å². The van der Waals surface area contributed by atoms with E-state index in [1.165, 1.54) is 19.2 Å². The number of amides is 1. The van der Waals surface area contributed by atoms with E-state index >= 15 is 0 Å². The maximum atomic E-state index is 13.2. The van der Waals surface area contributed by atoms with Crippen LogP contribution in [-0.2, 0) is 9.53 Å². The van der Waals surface area contributed by atoms with Crippen molar-refractivity contribution in [2.45, 2.75) is 19.0 Å². The predicted molar refractivity (Wildman–Crippen MR) is 83.3 cm³/mol. The van der Waals surface area contributed by atoms with Crippen molar-refractivity contribution in [3.63, 3.8) is 0 Å². The lowest BCUT2D eigenvalue weighted by molar-refractivity contribution is -0.124. The number of carbonyl (C=O) groups excluding carboxylic acids is 1. The van der Waals surface area contributed by atoms with Crippen LogP contribution >= 0.6 is 12.4 Å². The first-order chi connectivity index (χ1) is 10.5. The summed E-state index contributed by atoms with van der Waals surface area (Å²) in [6.45, 7) is 1.79. The lowest BCUT2D eigenvalue weighted by atomic mass is 10.2. The van der Waals surface area contributed by atoms with Crippen molar-refractivity contribution < 1.29 is 18.4 Å². The molecule has 2 aromatic rings. The number of rotatable bonds is 6. The number of hydrogen-bond acceptors (Lipinski definition) is 6. The van der Waals surface area contributed by atoms with E-state index < -0.39 is 17.9 Å². The maximum absolute atomic E-state index is 13.2. The molecule has 23 heavy (non-hydrogen) atoms. The van der Waals surface area contributed by atoms with Crippen molar-refractivity contribution in [2.75, 3.05) is 13.7 Å². The van der Waals surface area contributed by atoms with E-state index in [2.05, 4.69) is 15.5 Å². The van der Waals surface area contributed by atoms with Crippen LogP contribution in [0.5, 0.6) is 0 Å². The quantitative estimate of drug-likeness (QED) is 0.822. The van der Waals surface area contributed by atoms with Gasteiger partial charge >= 0.3 is 0 Å². The minimum absolute atomic E-state index is 0. The number of nitrogens with zero attached hydrogens (tertiary/aromatic N) is 2. The van der Waals surface area contributed by atoms with Crippen LogP contribution in [0.4, 0.5) is 4.39 Å². The maximum Gasteiger partial charge on any atom is 0.249 e. The molecule has 1 amide bonds. The average molecular weight is 345 g/mol. The van der Waals surface area contributed by atoms with Gasteiger partial charge in [-0.3, -0.25) is 4.79 Å². The number of nitrogens with two attached hydrogens (primary N) is 1. The first-order valence-corrected chi connectivity index (χ1v) is 6.65. The monoisotopic (exact) mass is 344 g/mol. The minimum Gasteiger partial charge on any atom is -0.383 e. The molecule has 0 fully saturated rings. The van der Waals surface area contributed by atoms with Gasteiger partial charge in [0.05, 0.1) is 6.61 Å². The van der Waals surface area contributed by atoms with Gasteiger partial charge in [0.1, 0.15) is 17.9 Å². The van der Waals surface area contributed by atoms with Crippen molar-refractivity contribution in [1.82, 2.24) is 15.5 Å². The van der Waals surface area contributed by atoms with Crippen LogP contribution in [0.15, 0.2) is 28.8 Å². The van der Waals surface area contributed by atoms with Crippen LogP contribution in [0.1, 0.15) is 18.9 Å². The molecule has 126 valence electrons. The second kappa shape index (κ2) is 8.56. The molecule has 0 spiro atoms. The Labute approximate surface area is 138 Å². The predicted octanol–water partition coefficient (Wildman–Crippen LogP) is 1.45. The Morgan fingerprint density at radius 1 is 1.52 bits per heavy atom. The highest BCUT2D eigenvalue weighted by Gasteiger charge is 2.20. The summed E-state index contributed by atoms with van der Waals surface area (Å²) in [6, 6.07) is 4.53. The number of hydrogen-bond donors (Lipinski definition) is 2. The normalized spacial score (nSPS) is 13.0. The topological polar surface area (TPSA) is 103 Å². The number of benzene rings is 1. The first-order valence-electron chi connectivity index (χ1n) is 6.65. The van der Waals surface area contributed by atoms with Gasteiger partial charge in [-0.25, -0.2) is 4.39 Å². The van der Waals surface area contributed by atoms with Crippen molar-refractivity contribution in [3.8, 4) is 11.4 Å². The zero-order chi connectivity index (χ0) is 16.1. The molecule has 0 radical (unpaired) electrons.